The Kier molecular flexibility index (Phi) is 9.72. The van der Waals surface area contributed by atoms with Crippen molar-refractivity contribution >= 4 is 18.0 Å². The van der Waals surface area contributed by atoms with Gasteiger partial charge in [-0.3, -0.25) is 9.59 Å². The Morgan fingerprint density at radius 1 is 1.11 bits per heavy atom. The lowest BCUT2D eigenvalue weighted by atomic mass is 9.92. The number of hydrogen-bond acceptors (Lipinski definition) is 7. The van der Waals surface area contributed by atoms with Crippen LogP contribution in [-0.2, 0) is 23.8 Å². The van der Waals surface area contributed by atoms with Crippen LogP contribution < -0.4 is 11.1 Å². The van der Waals surface area contributed by atoms with E-state index in [1.165, 1.54) is 14.0 Å². The van der Waals surface area contributed by atoms with Crippen molar-refractivity contribution in [1.82, 2.24) is 5.32 Å². The molecule has 4 atom stereocenters. The Morgan fingerprint density at radius 3 is 2.29 bits per heavy atom. The second kappa shape index (κ2) is 11.2. The van der Waals surface area contributed by atoms with Crippen molar-refractivity contribution in [2.45, 2.75) is 84.0 Å². The quantitative estimate of drug-likeness (QED) is 0.347. The van der Waals surface area contributed by atoms with E-state index < -0.39 is 35.7 Å². The summed E-state index contributed by atoms with van der Waals surface area (Å²) in [6.45, 7) is 7.34. The number of alkyl carbamates (subject to hydrolysis) is 1. The Bertz CT molecular complexity index is 531. The molecule has 28 heavy (non-hydrogen) atoms. The molecule has 1 aliphatic rings. The standard InChI is InChI=1S/C20H36N2O6/c1-13(23)27-17-14(10-8-6-7-9-11-21)16(12-15(17)18(24)26-5)22-19(25)28-20(2,3)4/h14-17H,6-12,21H2,1-5H3,(H,22,25). The lowest BCUT2D eigenvalue weighted by Gasteiger charge is -2.27. The fraction of sp³-hybridized carbons (Fsp3) is 0.850. The van der Waals surface area contributed by atoms with E-state index in [-0.39, 0.29) is 12.0 Å². The number of nitrogens with two attached hydrogens (primary N) is 1. The predicted molar refractivity (Wildman–Crippen MR) is 104 cm³/mol. The summed E-state index contributed by atoms with van der Waals surface area (Å²) in [5.41, 5.74) is 4.91. The summed E-state index contributed by atoms with van der Waals surface area (Å²) >= 11 is 0. The Labute approximate surface area is 167 Å². The summed E-state index contributed by atoms with van der Waals surface area (Å²) < 4.78 is 15.8. The van der Waals surface area contributed by atoms with Gasteiger partial charge in [-0.2, -0.15) is 0 Å². The van der Waals surface area contributed by atoms with Crippen LogP contribution in [0, 0.1) is 11.8 Å². The first-order valence-electron chi connectivity index (χ1n) is 10.0. The van der Waals surface area contributed by atoms with Gasteiger partial charge < -0.3 is 25.3 Å². The molecule has 1 aliphatic carbocycles. The first-order valence-corrected chi connectivity index (χ1v) is 10.0. The van der Waals surface area contributed by atoms with Gasteiger partial charge in [-0.15, -0.1) is 0 Å². The second-order valence-electron chi connectivity index (χ2n) is 8.35. The molecule has 8 heteroatoms. The molecule has 8 nitrogen and oxygen atoms in total. The number of amides is 1. The molecule has 0 radical (unpaired) electrons. The third-order valence-corrected chi connectivity index (χ3v) is 4.84. The first kappa shape index (κ1) is 24.2. The molecule has 162 valence electrons. The number of nitrogens with one attached hydrogen (secondary N) is 1. The van der Waals surface area contributed by atoms with Gasteiger partial charge in [0.2, 0.25) is 0 Å². The molecule has 1 saturated carbocycles. The molecule has 0 saturated heterocycles. The van der Waals surface area contributed by atoms with Gasteiger partial charge in [-0.1, -0.05) is 19.3 Å². The molecule has 0 aromatic rings. The fourth-order valence-corrected chi connectivity index (χ4v) is 3.72. The van der Waals surface area contributed by atoms with E-state index in [1.807, 2.05) is 0 Å². The van der Waals surface area contributed by atoms with Gasteiger partial charge in [0.15, 0.2) is 0 Å². The molecule has 3 N–H and O–H groups in total. The van der Waals surface area contributed by atoms with Crippen molar-refractivity contribution in [3.8, 4) is 0 Å². The van der Waals surface area contributed by atoms with E-state index in [9.17, 15) is 14.4 Å². The number of rotatable bonds is 9. The number of methoxy groups -OCH3 is 1. The zero-order chi connectivity index (χ0) is 21.3. The van der Waals surface area contributed by atoms with Crippen LogP contribution in [-0.4, -0.2) is 49.4 Å². The lowest BCUT2D eigenvalue weighted by molar-refractivity contribution is -0.159. The second-order valence-corrected chi connectivity index (χ2v) is 8.35. The SMILES string of the molecule is COC(=O)C1CC(NC(=O)OC(C)(C)C)C(CCCCCCN)C1OC(C)=O. The number of carbonyl (C=O) groups excluding carboxylic acids is 3. The summed E-state index contributed by atoms with van der Waals surface area (Å²) in [4.78, 5) is 36.2. The van der Waals surface area contributed by atoms with Crippen molar-refractivity contribution in [3.63, 3.8) is 0 Å². The van der Waals surface area contributed by atoms with Gasteiger partial charge in [0.1, 0.15) is 11.7 Å². The highest BCUT2D eigenvalue weighted by molar-refractivity contribution is 5.75. The van der Waals surface area contributed by atoms with Crippen LogP contribution >= 0.6 is 0 Å². The lowest BCUT2D eigenvalue weighted by Crippen LogP contribution is -2.43. The van der Waals surface area contributed by atoms with E-state index in [4.69, 9.17) is 19.9 Å². The molecular weight excluding hydrogens is 364 g/mol. The monoisotopic (exact) mass is 400 g/mol. The molecule has 0 aliphatic heterocycles. The molecule has 0 spiro atoms. The smallest absolute Gasteiger partial charge is 0.407 e. The summed E-state index contributed by atoms with van der Waals surface area (Å²) in [5, 5.41) is 2.87. The van der Waals surface area contributed by atoms with Crippen LogP contribution in [0.5, 0.6) is 0 Å². The molecule has 0 aromatic heterocycles. The molecule has 4 unspecified atom stereocenters. The van der Waals surface area contributed by atoms with Gasteiger partial charge >= 0.3 is 18.0 Å². The summed E-state index contributed by atoms with van der Waals surface area (Å²) in [7, 11) is 1.31. The third-order valence-electron chi connectivity index (χ3n) is 4.84. The van der Waals surface area contributed by atoms with Crippen LogP contribution in [0.4, 0.5) is 4.79 Å². The zero-order valence-electron chi connectivity index (χ0n) is 17.8. The van der Waals surface area contributed by atoms with Gasteiger partial charge in [-0.05, 0) is 46.6 Å². The average molecular weight is 401 g/mol. The highest BCUT2D eigenvalue weighted by atomic mass is 16.6. The van der Waals surface area contributed by atoms with Crippen LogP contribution in [0.1, 0.15) is 66.2 Å². The maximum atomic E-state index is 12.3. The van der Waals surface area contributed by atoms with Gasteiger partial charge in [0, 0.05) is 18.9 Å². The van der Waals surface area contributed by atoms with Gasteiger partial charge in [-0.25, -0.2) is 4.79 Å². The minimum absolute atomic E-state index is 0.182. The highest BCUT2D eigenvalue weighted by Gasteiger charge is 2.49. The predicted octanol–water partition coefficient (Wildman–Crippen LogP) is 2.53. The van der Waals surface area contributed by atoms with Crippen LogP contribution in [0.25, 0.3) is 0 Å². The maximum absolute atomic E-state index is 12.3. The largest absolute Gasteiger partial charge is 0.469 e. The van der Waals surface area contributed by atoms with E-state index in [1.54, 1.807) is 20.8 Å². The number of carbonyl (C=O) groups is 3. The molecule has 0 bridgehead atoms. The minimum Gasteiger partial charge on any atom is -0.469 e. The Morgan fingerprint density at radius 2 is 1.75 bits per heavy atom. The van der Waals surface area contributed by atoms with E-state index >= 15 is 0 Å². The van der Waals surface area contributed by atoms with Crippen molar-refractivity contribution < 1.29 is 28.6 Å². The van der Waals surface area contributed by atoms with E-state index in [2.05, 4.69) is 5.32 Å². The minimum atomic E-state index is -0.628. The molecular formula is C20H36N2O6. The first-order chi connectivity index (χ1) is 13.1. The molecule has 1 rings (SSSR count). The fourth-order valence-electron chi connectivity index (χ4n) is 3.72. The molecule has 0 aromatic carbocycles. The number of ether oxygens (including phenoxy) is 3. The van der Waals surface area contributed by atoms with Crippen LogP contribution in [0.3, 0.4) is 0 Å². The van der Waals surface area contributed by atoms with E-state index in [0.29, 0.717) is 13.0 Å². The maximum Gasteiger partial charge on any atom is 0.407 e. The number of hydrogen-bond donors (Lipinski definition) is 2. The average Bonchev–Trinajstić information content (AvgIpc) is 2.89. The van der Waals surface area contributed by atoms with Gasteiger partial charge in [0.05, 0.1) is 13.0 Å². The Hall–Kier alpha value is -1.83. The van der Waals surface area contributed by atoms with Gasteiger partial charge in [0.25, 0.3) is 0 Å². The molecule has 1 fully saturated rings. The number of esters is 2. The molecule has 1 amide bonds. The topological polar surface area (TPSA) is 117 Å². The third kappa shape index (κ3) is 8.04. The summed E-state index contributed by atoms with van der Waals surface area (Å²) in [6.07, 6.45) is 3.75. The van der Waals surface area contributed by atoms with Crippen LogP contribution in [0.2, 0.25) is 0 Å². The van der Waals surface area contributed by atoms with Crippen LogP contribution in [0.15, 0.2) is 0 Å². The highest BCUT2D eigenvalue weighted by Crippen LogP contribution is 2.38. The normalized spacial score (nSPS) is 24.5. The zero-order valence-corrected chi connectivity index (χ0v) is 17.8. The molecule has 0 heterocycles. The van der Waals surface area contributed by atoms with Crippen molar-refractivity contribution in [2.24, 2.45) is 17.6 Å². The van der Waals surface area contributed by atoms with Crippen molar-refractivity contribution in [2.75, 3.05) is 13.7 Å². The Balaban J connectivity index is 2.92. The summed E-state index contributed by atoms with van der Waals surface area (Å²) in [5.74, 6) is -1.68. The number of unbranched alkanes of at least 4 members (excludes halogenated alkanes) is 3. The van der Waals surface area contributed by atoms with Crippen molar-refractivity contribution in [1.29, 1.82) is 0 Å². The van der Waals surface area contributed by atoms with Crippen molar-refractivity contribution in [3.05, 3.63) is 0 Å². The summed E-state index contributed by atoms with van der Waals surface area (Å²) in [6, 6.07) is -0.335. The van der Waals surface area contributed by atoms with E-state index in [0.717, 1.165) is 32.1 Å².